The van der Waals surface area contributed by atoms with Crippen molar-refractivity contribution in [3.8, 4) is 0 Å². The van der Waals surface area contributed by atoms with Crippen molar-refractivity contribution < 1.29 is 4.79 Å². The molecule has 1 saturated heterocycles. The molecule has 0 aromatic heterocycles. The zero-order chi connectivity index (χ0) is 13.0. The number of hydrogen-bond donors (Lipinski definition) is 2. The van der Waals surface area contributed by atoms with Crippen LogP contribution in [0.15, 0.2) is 23.1 Å². The van der Waals surface area contributed by atoms with Crippen molar-refractivity contribution in [1.29, 1.82) is 0 Å². The first-order valence-corrected chi connectivity index (χ1v) is 7.59. The molecule has 98 valence electrons. The molecule has 0 saturated carbocycles. The molecular formula is C14H20N2OS. The van der Waals surface area contributed by atoms with E-state index in [1.807, 2.05) is 25.3 Å². The van der Waals surface area contributed by atoms with E-state index in [1.165, 1.54) is 0 Å². The van der Waals surface area contributed by atoms with E-state index in [4.69, 9.17) is 0 Å². The molecule has 0 radical (unpaired) electrons. The van der Waals surface area contributed by atoms with Gasteiger partial charge in [0.25, 0.3) is 5.91 Å². The average molecular weight is 264 g/mol. The predicted molar refractivity (Wildman–Crippen MR) is 76.3 cm³/mol. The quantitative estimate of drug-likeness (QED) is 0.822. The number of piperidine rings is 1. The summed E-state index contributed by atoms with van der Waals surface area (Å²) in [5.41, 5.74) is 1.83. The van der Waals surface area contributed by atoms with Crippen LogP contribution in [0.2, 0.25) is 0 Å². The molecule has 1 atom stereocenters. The van der Waals surface area contributed by atoms with Crippen LogP contribution in [0.5, 0.6) is 0 Å². The lowest BCUT2D eigenvalue weighted by Gasteiger charge is -2.24. The molecule has 1 aromatic rings. The minimum Gasteiger partial charge on any atom is -0.348 e. The Labute approximate surface area is 113 Å². The third-order valence-electron chi connectivity index (χ3n) is 3.32. The van der Waals surface area contributed by atoms with E-state index in [0.29, 0.717) is 0 Å². The number of nitrogens with one attached hydrogen (secondary N) is 2. The van der Waals surface area contributed by atoms with Crippen molar-refractivity contribution in [3.05, 3.63) is 29.3 Å². The van der Waals surface area contributed by atoms with Gasteiger partial charge in [-0.1, -0.05) is 6.07 Å². The van der Waals surface area contributed by atoms with Crippen LogP contribution in [0.25, 0.3) is 0 Å². The Bertz CT molecular complexity index is 428. The lowest BCUT2D eigenvalue weighted by atomic mass is 10.1. The molecule has 0 unspecified atom stereocenters. The van der Waals surface area contributed by atoms with E-state index in [2.05, 4.69) is 16.7 Å². The Balaban J connectivity index is 2.07. The molecule has 2 rings (SSSR count). The summed E-state index contributed by atoms with van der Waals surface area (Å²) in [6.45, 7) is 3.93. The molecule has 2 N–H and O–H groups in total. The van der Waals surface area contributed by atoms with E-state index in [9.17, 15) is 4.79 Å². The Morgan fingerprint density at radius 1 is 1.50 bits per heavy atom. The molecule has 1 aliphatic heterocycles. The third-order valence-corrected chi connectivity index (χ3v) is 4.05. The van der Waals surface area contributed by atoms with Gasteiger partial charge in [-0.05, 0) is 50.3 Å². The standard InChI is InChI=1S/C14H20N2OS/c1-10-5-6-12(18-2)8-13(10)14(17)16-11-4-3-7-15-9-11/h5-6,8,11,15H,3-4,7,9H2,1-2H3,(H,16,17)/t11-/m0/s1. The second kappa shape index (κ2) is 6.25. The highest BCUT2D eigenvalue weighted by atomic mass is 32.2. The van der Waals surface area contributed by atoms with Crippen LogP contribution in [0.4, 0.5) is 0 Å². The molecule has 0 spiro atoms. The van der Waals surface area contributed by atoms with Gasteiger partial charge < -0.3 is 10.6 Å². The van der Waals surface area contributed by atoms with Gasteiger partial charge in [0.05, 0.1) is 0 Å². The SMILES string of the molecule is CSc1ccc(C)c(C(=O)N[C@H]2CCCNC2)c1. The molecule has 0 aliphatic carbocycles. The van der Waals surface area contributed by atoms with Crippen LogP contribution >= 0.6 is 11.8 Å². The van der Waals surface area contributed by atoms with Crippen LogP contribution in [-0.2, 0) is 0 Å². The van der Waals surface area contributed by atoms with Crippen LogP contribution in [0.1, 0.15) is 28.8 Å². The van der Waals surface area contributed by atoms with Crippen molar-refractivity contribution in [2.45, 2.75) is 30.7 Å². The fourth-order valence-electron chi connectivity index (χ4n) is 2.21. The summed E-state index contributed by atoms with van der Waals surface area (Å²) in [7, 11) is 0. The van der Waals surface area contributed by atoms with Gasteiger partial charge >= 0.3 is 0 Å². The third kappa shape index (κ3) is 3.27. The number of carbonyl (C=O) groups excluding carboxylic acids is 1. The van der Waals surface area contributed by atoms with Gasteiger partial charge in [-0.3, -0.25) is 4.79 Å². The summed E-state index contributed by atoms with van der Waals surface area (Å²) in [6, 6.07) is 6.31. The summed E-state index contributed by atoms with van der Waals surface area (Å²) in [6.07, 6.45) is 4.23. The molecule has 1 aromatic carbocycles. The Morgan fingerprint density at radius 2 is 2.33 bits per heavy atom. The highest BCUT2D eigenvalue weighted by Gasteiger charge is 2.17. The Hall–Kier alpha value is -1.00. The maximum absolute atomic E-state index is 12.3. The first kappa shape index (κ1) is 13.4. The fraction of sp³-hybridized carbons (Fsp3) is 0.500. The summed E-state index contributed by atoms with van der Waals surface area (Å²) >= 11 is 1.66. The lowest BCUT2D eigenvalue weighted by molar-refractivity contribution is 0.0930. The summed E-state index contributed by atoms with van der Waals surface area (Å²) in [5, 5.41) is 6.43. The van der Waals surface area contributed by atoms with Crippen LogP contribution in [0, 0.1) is 6.92 Å². The van der Waals surface area contributed by atoms with Crippen molar-refractivity contribution in [2.24, 2.45) is 0 Å². The molecule has 1 aliphatic rings. The highest BCUT2D eigenvalue weighted by Crippen LogP contribution is 2.19. The van der Waals surface area contributed by atoms with E-state index in [-0.39, 0.29) is 11.9 Å². The minimum atomic E-state index is 0.0529. The number of amides is 1. The zero-order valence-electron chi connectivity index (χ0n) is 11.0. The van der Waals surface area contributed by atoms with Gasteiger partial charge in [-0.2, -0.15) is 0 Å². The number of thioether (sulfide) groups is 1. The topological polar surface area (TPSA) is 41.1 Å². The molecule has 18 heavy (non-hydrogen) atoms. The van der Waals surface area contributed by atoms with Gasteiger partial charge in [0, 0.05) is 23.0 Å². The van der Waals surface area contributed by atoms with Gasteiger partial charge in [0.1, 0.15) is 0 Å². The average Bonchev–Trinajstić information content (AvgIpc) is 2.40. The largest absolute Gasteiger partial charge is 0.348 e. The van der Waals surface area contributed by atoms with Crippen molar-refractivity contribution in [3.63, 3.8) is 0 Å². The highest BCUT2D eigenvalue weighted by molar-refractivity contribution is 7.98. The van der Waals surface area contributed by atoms with E-state index < -0.39 is 0 Å². The van der Waals surface area contributed by atoms with Gasteiger partial charge in [0.2, 0.25) is 0 Å². The van der Waals surface area contributed by atoms with Crippen molar-refractivity contribution in [2.75, 3.05) is 19.3 Å². The van der Waals surface area contributed by atoms with Gasteiger partial charge in [-0.15, -0.1) is 11.8 Å². The maximum atomic E-state index is 12.3. The van der Waals surface area contributed by atoms with E-state index in [0.717, 1.165) is 42.0 Å². The molecule has 1 fully saturated rings. The number of rotatable bonds is 3. The maximum Gasteiger partial charge on any atom is 0.251 e. The molecule has 4 heteroatoms. The first-order valence-electron chi connectivity index (χ1n) is 6.37. The normalized spacial score (nSPS) is 19.6. The molecule has 1 amide bonds. The van der Waals surface area contributed by atoms with Crippen LogP contribution in [0.3, 0.4) is 0 Å². The summed E-state index contributed by atoms with van der Waals surface area (Å²) in [5.74, 6) is 0.0529. The number of aryl methyl sites for hydroxylation is 1. The van der Waals surface area contributed by atoms with E-state index >= 15 is 0 Å². The summed E-state index contributed by atoms with van der Waals surface area (Å²) < 4.78 is 0. The second-order valence-corrected chi connectivity index (χ2v) is 5.58. The lowest BCUT2D eigenvalue weighted by Crippen LogP contribution is -2.45. The second-order valence-electron chi connectivity index (χ2n) is 4.70. The Morgan fingerprint density at radius 3 is 3.00 bits per heavy atom. The fourth-order valence-corrected chi connectivity index (χ4v) is 2.65. The Kier molecular flexibility index (Phi) is 4.66. The molecule has 0 bridgehead atoms. The van der Waals surface area contributed by atoms with Crippen LogP contribution in [-0.4, -0.2) is 31.3 Å². The van der Waals surface area contributed by atoms with Crippen LogP contribution < -0.4 is 10.6 Å². The van der Waals surface area contributed by atoms with Crippen molar-refractivity contribution >= 4 is 17.7 Å². The number of benzene rings is 1. The minimum absolute atomic E-state index is 0.0529. The monoisotopic (exact) mass is 264 g/mol. The predicted octanol–water partition coefficient (Wildman–Crippen LogP) is 2.20. The van der Waals surface area contributed by atoms with E-state index in [1.54, 1.807) is 11.8 Å². The smallest absolute Gasteiger partial charge is 0.251 e. The van der Waals surface area contributed by atoms with Crippen molar-refractivity contribution in [1.82, 2.24) is 10.6 Å². The first-order chi connectivity index (χ1) is 8.70. The van der Waals surface area contributed by atoms with Gasteiger partial charge in [0.15, 0.2) is 0 Å². The number of hydrogen-bond acceptors (Lipinski definition) is 3. The van der Waals surface area contributed by atoms with Gasteiger partial charge in [-0.25, -0.2) is 0 Å². The zero-order valence-corrected chi connectivity index (χ0v) is 11.8. The molecule has 3 nitrogen and oxygen atoms in total. The molecule has 1 heterocycles. The summed E-state index contributed by atoms with van der Waals surface area (Å²) in [4.78, 5) is 13.4. The number of carbonyl (C=O) groups is 1. The molecular weight excluding hydrogens is 244 g/mol.